The van der Waals surface area contributed by atoms with E-state index in [4.69, 9.17) is 5.21 Å². The summed E-state index contributed by atoms with van der Waals surface area (Å²) < 4.78 is 23.3. The Bertz CT molecular complexity index is 720. The minimum Gasteiger partial charge on any atom is -0.411 e. The fourth-order valence-corrected chi connectivity index (χ4v) is 2.81. The SMILES string of the molecule is CCS(=O)(=O)CC(=NO)c1ccc(-c2ccccc2)cc1. The Hall–Kier alpha value is -2.14. The van der Waals surface area contributed by atoms with Gasteiger partial charge in [-0.2, -0.15) is 0 Å². The van der Waals surface area contributed by atoms with Gasteiger partial charge in [0.25, 0.3) is 0 Å². The summed E-state index contributed by atoms with van der Waals surface area (Å²) in [5.41, 5.74) is 2.87. The molecule has 0 aliphatic carbocycles. The normalized spacial score (nSPS) is 12.3. The molecule has 0 atom stereocenters. The van der Waals surface area contributed by atoms with Gasteiger partial charge in [0.1, 0.15) is 5.71 Å². The number of sulfone groups is 1. The van der Waals surface area contributed by atoms with E-state index >= 15 is 0 Å². The standard InChI is InChI=1S/C16H17NO3S/c1-2-21(19,20)12-16(17-18)15-10-8-14(9-11-15)13-6-4-3-5-7-13/h3-11,18H,2,12H2,1H3. The molecule has 2 rings (SSSR count). The minimum atomic E-state index is -3.23. The Labute approximate surface area is 124 Å². The molecule has 0 saturated carbocycles. The molecule has 0 amide bonds. The van der Waals surface area contributed by atoms with Gasteiger partial charge >= 0.3 is 0 Å². The number of oxime groups is 1. The van der Waals surface area contributed by atoms with Crippen LogP contribution in [0.2, 0.25) is 0 Å². The van der Waals surface area contributed by atoms with Crippen LogP contribution in [0.3, 0.4) is 0 Å². The Kier molecular flexibility index (Phi) is 4.75. The van der Waals surface area contributed by atoms with Crippen LogP contribution in [0.25, 0.3) is 11.1 Å². The molecule has 0 fully saturated rings. The van der Waals surface area contributed by atoms with Gasteiger partial charge in [-0.25, -0.2) is 8.42 Å². The van der Waals surface area contributed by atoms with Crippen molar-refractivity contribution in [3.8, 4) is 11.1 Å². The van der Waals surface area contributed by atoms with E-state index in [2.05, 4.69) is 5.16 Å². The van der Waals surface area contributed by atoms with Gasteiger partial charge in [-0.3, -0.25) is 0 Å². The number of rotatable bonds is 5. The van der Waals surface area contributed by atoms with Crippen molar-refractivity contribution in [1.29, 1.82) is 0 Å². The summed E-state index contributed by atoms with van der Waals surface area (Å²) in [5, 5.41) is 12.2. The summed E-state index contributed by atoms with van der Waals surface area (Å²) in [6, 6.07) is 17.2. The molecule has 2 aromatic carbocycles. The van der Waals surface area contributed by atoms with Crippen LogP contribution in [0.4, 0.5) is 0 Å². The summed E-state index contributed by atoms with van der Waals surface area (Å²) >= 11 is 0. The van der Waals surface area contributed by atoms with E-state index in [-0.39, 0.29) is 17.2 Å². The fraction of sp³-hybridized carbons (Fsp3) is 0.188. The Morgan fingerprint density at radius 1 is 1.00 bits per heavy atom. The molecule has 0 bridgehead atoms. The minimum absolute atomic E-state index is 0.0219. The summed E-state index contributed by atoms with van der Waals surface area (Å²) in [6.07, 6.45) is 0. The van der Waals surface area contributed by atoms with E-state index in [0.29, 0.717) is 5.56 Å². The lowest BCUT2D eigenvalue weighted by Gasteiger charge is -2.07. The molecule has 0 spiro atoms. The highest BCUT2D eigenvalue weighted by atomic mass is 32.2. The van der Waals surface area contributed by atoms with Gasteiger partial charge in [-0.15, -0.1) is 0 Å². The van der Waals surface area contributed by atoms with Gasteiger partial charge in [-0.1, -0.05) is 66.7 Å². The topological polar surface area (TPSA) is 66.7 Å². The lowest BCUT2D eigenvalue weighted by Crippen LogP contribution is -2.18. The summed E-state index contributed by atoms with van der Waals surface area (Å²) in [5.74, 6) is -0.237. The summed E-state index contributed by atoms with van der Waals surface area (Å²) in [4.78, 5) is 0. The summed E-state index contributed by atoms with van der Waals surface area (Å²) in [6.45, 7) is 1.57. The maximum Gasteiger partial charge on any atom is 0.155 e. The van der Waals surface area contributed by atoms with Crippen LogP contribution >= 0.6 is 0 Å². The first kappa shape index (κ1) is 15.3. The zero-order chi connectivity index (χ0) is 15.3. The van der Waals surface area contributed by atoms with Crippen LogP contribution in [-0.2, 0) is 9.84 Å². The highest BCUT2D eigenvalue weighted by Gasteiger charge is 2.15. The predicted molar refractivity (Wildman–Crippen MR) is 84.5 cm³/mol. The molecule has 0 aliphatic heterocycles. The quantitative estimate of drug-likeness (QED) is 0.524. The second-order valence-electron chi connectivity index (χ2n) is 4.67. The van der Waals surface area contributed by atoms with E-state index in [1.54, 1.807) is 19.1 Å². The zero-order valence-corrected chi connectivity index (χ0v) is 12.5. The third-order valence-electron chi connectivity index (χ3n) is 3.24. The Balaban J connectivity index is 2.26. The van der Waals surface area contributed by atoms with Crippen LogP contribution in [-0.4, -0.2) is 30.8 Å². The van der Waals surface area contributed by atoms with Crippen LogP contribution in [0.1, 0.15) is 12.5 Å². The van der Waals surface area contributed by atoms with Gasteiger partial charge in [0.05, 0.1) is 5.75 Å². The van der Waals surface area contributed by atoms with Crippen molar-refractivity contribution in [2.24, 2.45) is 5.16 Å². The monoisotopic (exact) mass is 303 g/mol. The van der Waals surface area contributed by atoms with Gasteiger partial charge in [0.15, 0.2) is 9.84 Å². The molecular weight excluding hydrogens is 286 g/mol. The predicted octanol–water partition coefficient (Wildman–Crippen LogP) is 2.97. The third-order valence-corrected chi connectivity index (χ3v) is 4.84. The molecule has 0 saturated heterocycles. The molecule has 0 aliphatic rings. The van der Waals surface area contributed by atoms with Crippen LogP contribution in [0.15, 0.2) is 59.8 Å². The fourth-order valence-electron chi connectivity index (χ4n) is 1.97. The van der Waals surface area contributed by atoms with Crippen molar-refractivity contribution in [3.63, 3.8) is 0 Å². The van der Waals surface area contributed by atoms with Crippen LogP contribution < -0.4 is 0 Å². The number of nitrogens with zero attached hydrogens (tertiary/aromatic N) is 1. The molecular formula is C16H17NO3S. The lowest BCUT2D eigenvalue weighted by molar-refractivity contribution is 0.319. The number of hydrogen-bond donors (Lipinski definition) is 1. The van der Waals surface area contributed by atoms with E-state index in [1.807, 2.05) is 42.5 Å². The van der Waals surface area contributed by atoms with Gasteiger partial charge < -0.3 is 5.21 Å². The lowest BCUT2D eigenvalue weighted by atomic mass is 10.0. The van der Waals surface area contributed by atoms with Crippen molar-refractivity contribution >= 4 is 15.5 Å². The highest BCUT2D eigenvalue weighted by Crippen LogP contribution is 2.19. The average Bonchev–Trinajstić information content (AvgIpc) is 2.54. The Morgan fingerprint density at radius 2 is 1.57 bits per heavy atom. The van der Waals surface area contributed by atoms with Crippen molar-refractivity contribution < 1.29 is 13.6 Å². The largest absolute Gasteiger partial charge is 0.411 e. The first-order valence-corrected chi connectivity index (χ1v) is 8.45. The smallest absolute Gasteiger partial charge is 0.155 e. The second-order valence-corrected chi connectivity index (χ2v) is 7.02. The zero-order valence-electron chi connectivity index (χ0n) is 11.7. The van der Waals surface area contributed by atoms with E-state index in [0.717, 1.165) is 11.1 Å². The molecule has 21 heavy (non-hydrogen) atoms. The Morgan fingerprint density at radius 3 is 2.10 bits per heavy atom. The first-order valence-electron chi connectivity index (χ1n) is 6.63. The molecule has 0 radical (unpaired) electrons. The molecule has 0 unspecified atom stereocenters. The molecule has 0 heterocycles. The van der Waals surface area contributed by atoms with Gasteiger partial charge in [0, 0.05) is 11.3 Å². The molecule has 0 aromatic heterocycles. The molecule has 4 nitrogen and oxygen atoms in total. The maximum atomic E-state index is 11.6. The van der Waals surface area contributed by atoms with Crippen LogP contribution in [0.5, 0.6) is 0 Å². The molecule has 1 N–H and O–H groups in total. The van der Waals surface area contributed by atoms with Crippen molar-refractivity contribution in [2.45, 2.75) is 6.92 Å². The van der Waals surface area contributed by atoms with Crippen molar-refractivity contribution in [1.82, 2.24) is 0 Å². The average molecular weight is 303 g/mol. The third kappa shape index (κ3) is 3.92. The first-order chi connectivity index (χ1) is 10.1. The number of hydrogen-bond acceptors (Lipinski definition) is 4. The molecule has 110 valence electrons. The number of benzene rings is 2. The van der Waals surface area contributed by atoms with Crippen LogP contribution in [0, 0.1) is 0 Å². The van der Waals surface area contributed by atoms with Crippen molar-refractivity contribution in [2.75, 3.05) is 11.5 Å². The van der Waals surface area contributed by atoms with E-state index < -0.39 is 9.84 Å². The summed E-state index contributed by atoms with van der Waals surface area (Å²) in [7, 11) is -3.23. The van der Waals surface area contributed by atoms with Gasteiger partial charge in [-0.05, 0) is 11.1 Å². The molecule has 5 heteroatoms. The maximum absolute atomic E-state index is 11.6. The van der Waals surface area contributed by atoms with E-state index in [1.165, 1.54) is 0 Å². The second kappa shape index (κ2) is 6.54. The van der Waals surface area contributed by atoms with Gasteiger partial charge in [0.2, 0.25) is 0 Å². The van der Waals surface area contributed by atoms with E-state index in [9.17, 15) is 8.42 Å². The molecule has 2 aromatic rings. The van der Waals surface area contributed by atoms with Crippen molar-refractivity contribution in [3.05, 3.63) is 60.2 Å². The highest BCUT2D eigenvalue weighted by molar-refractivity contribution is 7.92.